The Morgan fingerprint density at radius 3 is 2.89 bits per heavy atom. The molecular weight excluding hydrogens is 278 g/mol. The van der Waals surface area contributed by atoms with E-state index in [-0.39, 0.29) is 6.04 Å². The topological polar surface area (TPSA) is 43.8 Å². The molecule has 0 bridgehead atoms. The Labute approximate surface area is 120 Å². The third-order valence-corrected chi connectivity index (χ3v) is 4.55. The van der Waals surface area contributed by atoms with Crippen molar-refractivity contribution in [1.82, 2.24) is 9.55 Å². The van der Waals surface area contributed by atoms with Gasteiger partial charge in [0.25, 0.3) is 0 Å². The van der Waals surface area contributed by atoms with E-state index in [9.17, 15) is 0 Å². The lowest BCUT2D eigenvalue weighted by Crippen LogP contribution is -2.11. The Balaban J connectivity index is 2.24. The number of aromatic nitrogens is 2. The van der Waals surface area contributed by atoms with Crippen molar-refractivity contribution in [2.75, 3.05) is 5.73 Å². The maximum absolute atomic E-state index is 6.19. The lowest BCUT2D eigenvalue weighted by molar-refractivity contribution is 0.599. The lowest BCUT2D eigenvalue weighted by atomic mass is 10.1. The number of anilines is 1. The molecule has 5 heteroatoms. The summed E-state index contributed by atoms with van der Waals surface area (Å²) >= 11 is 7.92. The van der Waals surface area contributed by atoms with Crippen molar-refractivity contribution in [1.29, 1.82) is 0 Å². The van der Waals surface area contributed by atoms with Gasteiger partial charge in [0.2, 0.25) is 5.95 Å². The van der Waals surface area contributed by atoms with Crippen molar-refractivity contribution >= 4 is 39.9 Å². The minimum absolute atomic E-state index is 0.212. The maximum Gasteiger partial charge on any atom is 0.201 e. The van der Waals surface area contributed by atoms with Gasteiger partial charge in [0, 0.05) is 4.88 Å². The van der Waals surface area contributed by atoms with Gasteiger partial charge in [-0.3, -0.25) is 0 Å². The van der Waals surface area contributed by atoms with Crippen molar-refractivity contribution in [2.45, 2.75) is 19.4 Å². The number of thiophene rings is 1. The molecule has 0 saturated carbocycles. The molecule has 3 rings (SSSR count). The first-order valence-electron chi connectivity index (χ1n) is 6.17. The first-order valence-corrected chi connectivity index (χ1v) is 7.43. The summed E-state index contributed by atoms with van der Waals surface area (Å²) in [5, 5.41) is 2.73. The highest BCUT2D eigenvalue weighted by atomic mass is 35.5. The second-order valence-electron chi connectivity index (χ2n) is 4.39. The summed E-state index contributed by atoms with van der Waals surface area (Å²) in [6.45, 7) is 2.15. The van der Waals surface area contributed by atoms with E-state index in [2.05, 4.69) is 34.0 Å². The van der Waals surface area contributed by atoms with Crippen LogP contribution in [0, 0.1) is 0 Å². The van der Waals surface area contributed by atoms with Gasteiger partial charge in [0.05, 0.1) is 16.6 Å². The number of imidazole rings is 1. The van der Waals surface area contributed by atoms with E-state index >= 15 is 0 Å². The molecule has 98 valence electrons. The molecular formula is C14H14ClN3S. The van der Waals surface area contributed by atoms with Crippen LogP contribution in [0.1, 0.15) is 24.3 Å². The summed E-state index contributed by atoms with van der Waals surface area (Å²) in [7, 11) is 0. The molecule has 0 saturated heterocycles. The van der Waals surface area contributed by atoms with Gasteiger partial charge >= 0.3 is 0 Å². The van der Waals surface area contributed by atoms with E-state index < -0.39 is 0 Å². The summed E-state index contributed by atoms with van der Waals surface area (Å²) in [5.74, 6) is 0.517. The summed E-state index contributed by atoms with van der Waals surface area (Å²) in [5.41, 5.74) is 7.87. The van der Waals surface area contributed by atoms with Crippen LogP contribution < -0.4 is 5.73 Å². The van der Waals surface area contributed by atoms with E-state index in [1.807, 2.05) is 18.2 Å². The largest absolute Gasteiger partial charge is 0.369 e. The summed E-state index contributed by atoms with van der Waals surface area (Å²) in [6.07, 6.45) is 0.961. The van der Waals surface area contributed by atoms with Gasteiger partial charge in [-0.1, -0.05) is 30.7 Å². The number of nitrogens with zero attached hydrogens (tertiary/aromatic N) is 2. The number of nitrogen functional groups attached to an aromatic ring is 1. The van der Waals surface area contributed by atoms with Gasteiger partial charge < -0.3 is 10.3 Å². The number of nitrogens with two attached hydrogens (primary N) is 1. The van der Waals surface area contributed by atoms with Crippen LogP contribution in [0.2, 0.25) is 5.02 Å². The molecule has 0 aliphatic heterocycles. The molecule has 2 aromatic heterocycles. The number of fused-ring (bicyclic) bond motifs is 1. The molecule has 0 aliphatic rings. The quantitative estimate of drug-likeness (QED) is 0.780. The van der Waals surface area contributed by atoms with E-state index in [1.54, 1.807) is 11.3 Å². The Morgan fingerprint density at radius 2 is 2.21 bits per heavy atom. The van der Waals surface area contributed by atoms with Crippen LogP contribution in [0.4, 0.5) is 5.95 Å². The smallest absolute Gasteiger partial charge is 0.201 e. The average Bonchev–Trinajstić information content (AvgIpc) is 3.01. The highest BCUT2D eigenvalue weighted by molar-refractivity contribution is 7.10. The lowest BCUT2D eigenvalue weighted by Gasteiger charge is -2.17. The number of para-hydroxylation sites is 1. The minimum atomic E-state index is 0.212. The zero-order chi connectivity index (χ0) is 13.4. The van der Waals surface area contributed by atoms with E-state index in [0.29, 0.717) is 11.0 Å². The molecule has 0 aliphatic carbocycles. The minimum Gasteiger partial charge on any atom is -0.369 e. The van der Waals surface area contributed by atoms with Crippen LogP contribution in [0.3, 0.4) is 0 Å². The van der Waals surface area contributed by atoms with Crippen LogP contribution in [0.5, 0.6) is 0 Å². The number of hydrogen-bond acceptors (Lipinski definition) is 3. The van der Waals surface area contributed by atoms with Crippen LogP contribution in [0.15, 0.2) is 35.7 Å². The van der Waals surface area contributed by atoms with E-state index in [1.165, 1.54) is 4.88 Å². The third kappa shape index (κ3) is 2.01. The number of rotatable bonds is 3. The van der Waals surface area contributed by atoms with Crippen molar-refractivity contribution in [3.8, 4) is 0 Å². The van der Waals surface area contributed by atoms with Gasteiger partial charge in [-0.2, -0.15) is 0 Å². The molecule has 0 amide bonds. The molecule has 0 spiro atoms. The Bertz CT molecular complexity index is 703. The average molecular weight is 292 g/mol. The number of halogens is 1. The third-order valence-electron chi connectivity index (χ3n) is 3.27. The Kier molecular flexibility index (Phi) is 3.21. The molecule has 0 fully saturated rings. The van der Waals surface area contributed by atoms with Gasteiger partial charge in [-0.15, -0.1) is 11.3 Å². The van der Waals surface area contributed by atoms with Crippen molar-refractivity contribution in [2.24, 2.45) is 0 Å². The first kappa shape index (κ1) is 12.5. The standard InChI is InChI=1S/C14H14ClN3S/c1-2-10(12-7-4-8-19-12)18-11-6-3-5-9(15)13(11)17-14(18)16/h3-8,10H,2H2,1H3,(H2,16,17). The maximum atomic E-state index is 6.19. The highest BCUT2D eigenvalue weighted by Gasteiger charge is 2.19. The second-order valence-corrected chi connectivity index (χ2v) is 5.77. The molecule has 1 aromatic carbocycles. The number of benzene rings is 1. The SMILES string of the molecule is CCC(c1cccs1)n1c(N)nc2c(Cl)cccc21. The van der Waals surface area contributed by atoms with Gasteiger partial charge in [-0.05, 0) is 30.0 Å². The first-order chi connectivity index (χ1) is 9.22. The molecule has 0 radical (unpaired) electrons. The Hall–Kier alpha value is -1.52. The molecule has 19 heavy (non-hydrogen) atoms. The number of hydrogen-bond donors (Lipinski definition) is 1. The Morgan fingerprint density at radius 1 is 1.37 bits per heavy atom. The molecule has 1 atom stereocenters. The van der Waals surface area contributed by atoms with Crippen LogP contribution >= 0.6 is 22.9 Å². The monoisotopic (exact) mass is 291 g/mol. The van der Waals surface area contributed by atoms with E-state index in [0.717, 1.165) is 17.5 Å². The molecule has 3 aromatic rings. The zero-order valence-electron chi connectivity index (χ0n) is 10.5. The fourth-order valence-corrected chi connectivity index (χ4v) is 3.53. The van der Waals surface area contributed by atoms with Crippen LogP contribution in [-0.4, -0.2) is 9.55 Å². The van der Waals surface area contributed by atoms with E-state index in [4.69, 9.17) is 17.3 Å². The summed E-state index contributed by atoms with van der Waals surface area (Å²) in [4.78, 5) is 5.69. The highest BCUT2D eigenvalue weighted by Crippen LogP contribution is 2.34. The molecule has 2 N–H and O–H groups in total. The fraction of sp³-hybridized carbons (Fsp3) is 0.214. The van der Waals surface area contributed by atoms with Crippen LogP contribution in [0.25, 0.3) is 11.0 Å². The predicted molar refractivity (Wildman–Crippen MR) is 81.9 cm³/mol. The normalized spacial score (nSPS) is 12.9. The van der Waals surface area contributed by atoms with Gasteiger partial charge in [-0.25, -0.2) is 4.98 Å². The van der Waals surface area contributed by atoms with Gasteiger partial charge in [0.15, 0.2) is 0 Å². The van der Waals surface area contributed by atoms with Crippen LogP contribution in [-0.2, 0) is 0 Å². The van der Waals surface area contributed by atoms with Crippen molar-refractivity contribution < 1.29 is 0 Å². The summed E-state index contributed by atoms with van der Waals surface area (Å²) in [6, 6.07) is 10.2. The molecule has 2 heterocycles. The van der Waals surface area contributed by atoms with Gasteiger partial charge in [0.1, 0.15) is 5.52 Å². The fourth-order valence-electron chi connectivity index (χ4n) is 2.42. The summed E-state index contributed by atoms with van der Waals surface area (Å²) < 4.78 is 2.08. The molecule has 1 unspecified atom stereocenters. The second kappa shape index (κ2) is 4.87. The molecule has 3 nitrogen and oxygen atoms in total. The van der Waals surface area contributed by atoms with Crippen molar-refractivity contribution in [3.63, 3.8) is 0 Å². The zero-order valence-corrected chi connectivity index (χ0v) is 12.1. The van der Waals surface area contributed by atoms with Crippen molar-refractivity contribution in [3.05, 3.63) is 45.6 Å². The predicted octanol–water partition coefficient (Wildman–Crippen LogP) is 4.33.